The van der Waals surface area contributed by atoms with Gasteiger partial charge in [-0.1, -0.05) is 39.8 Å². The molecule has 0 radical (unpaired) electrons. The molecule has 106 valence electrons. The van der Waals surface area contributed by atoms with E-state index >= 15 is 0 Å². The Labute approximate surface area is 116 Å². The first-order valence-corrected chi connectivity index (χ1v) is 6.92. The Hall–Kier alpha value is -1.51. The highest BCUT2D eigenvalue weighted by atomic mass is 16.5. The summed E-state index contributed by atoms with van der Waals surface area (Å²) in [5.74, 6) is 0.830. The minimum atomic E-state index is -0.0156. The molecule has 1 aromatic rings. The maximum absolute atomic E-state index is 12.0. The van der Waals surface area contributed by atoms with Crippen LogP contribution in [-0.4, -0.2) is 12.5 Å². The number of amides is 1. The predicted octanol–water partition coefficient (Wildman–Crippen LogP) is 4.02. The van der Waals surface area contributed by atoms with Gasteiger partial charge in [0.25, 0.3) is 0 Å². The van der Waals surface area contributed by atoms with E-state index in [2.05, 4.69) is 33.0 Å². The van der Waals surface area contributed by atoms with Crippen LogP contribution in [0.25, 0.3) is 0 Å². The molecule has 3 nitrogen and oxygen atoms in total. The Morgan fingerprint density at radius 3 is 2.47 bits per heavy atom. The fraction of sp³-hybridized carbons (Fsp3) is 0.562. The Kier molecular flexibility index (Phi) is 5.40. The lowest BCUT2D eigenvalue weighted by molar-refractivity contribution is -0.117. The molecule has 1 amide bonds. The highest BCUT2D eigenvalue weighted by Crippen LogP contribution is 2.30. The van der Waals surface area contributed by atoms with Gasteiger partial charge in [0.15, 0.2) is 0 Å². The molecule has 0 saturated heterocycles. The van der Waals surface area contributed by atoms with Crippen molar-refractivity contribution in [3.05, 3.63) is 23.8 Å². The van der Waals surface area contributed by atoms with E-state index in [9.17, 15) is 4.79 Å². The van der Waals surface area contributed by atoms with Gasteiger partial charge in [-0.15, -0.1) is 0 Å². The average molecular weight is 263 g/mol. The van der Waals surface area contributed by atoms with E-state index in [1.165, 1.54) is 0 Å². The number of carbonyl (C=O) groups excluding carboxylic acids is 1. The maximum atomic E-state index is 12.0. The third-order valence-electron chi connectivity index (χ3n) is 2.73. The predicted molar refractivity (Wildman–Crippen MR) is 79.7 cm³/mol. The Bertz CT molecular complexity index is 433. The first kappa shape index (κ1) is 15.5. The monoisotopic (exact) mass is 263 g/mol. The van der Waals surface area contributed by atoms with Crippen molar-refractivity contribution < 1.29 is 9.53 Å². The molecule has 19 heavy (non-hydrogen) atoms. The van der Waals surface area contributed by atoms with Gasteiger partial charge in [0.05, 0.1) is 12.3 Å². The van der Waals surface area contributed by atoms with Crippen LogP contribution in [0.4, 0.5) is 5.69 Å². The van der Waals surface area contributed by atoms with E-state index in [0.29, 0.717) is 13.0 Å². The summed E-state index contributed by atoms with van der Waals surface area (Å²) in [6, 6.07) is 5.88. The number of para-hydroxylation sites is 1. The van der Waals surface area contributed by atoms with Crippen LogP contribution in [0, 0.1) is 5.41 Å². The highest BCUT2D eigenvalue weighted by Gasteiger charge is 2.17. The molecule has 0 atom stereocenters. The molecule has 0 fully saturated rings. The summed E-state index contributed by atoms with van der Waals surface area (Å²) in [6.45, 7) is 10.8. The summed E-state index contributed by atoms with van der Waals surface area (Å²) in [5.41, 5.74) is 1.88. The fourth-order valence-corrected chi connectivity index (χ4v) is 1.95. The number of rotatable bonds is 5. The molecule has 0 unspecified atom stereocenters. The summed E-state index contributed by atoms with van der Waals surface area (Å²) in [6.07, 6.45) is 1.38. The van der Waals surface area contributed by atoms with E-state index in [1.807, 2.05) is 25.1 Å². The fourth-order valence-electron chi connectivity index (χ4n) is 1.95. The van der Waals surface area contributed by atoms with Crippen LogP contribution >= 0.6 is 0 Å². The Morgan fingerprint density at radius 1 is 1.26 bits per heavy atom. The lowest BCUT2D eigenvalue weighted by atomic mass is 9.92. The zero-order valence-electron chi connectivity index (χ0n) is 12.7. The van der Waals surface area contributed by atoms with Crippen LogP contribution in [0.1, 0.15) is 46.6 Å². The molecule has 0 spiro atoms. The Balaban J connectivity index is 2.91. The summed E-state index contributed by atoms with van der Waals surface area (Å²) in [5, 5.41) is 2.96. The van der Waals surface area contributed by atoms with Gasteiger partial charge >= 0.3 is 0 Å². The topological polar surface area (TPSA) is 38.3 Å². The number of nitrogens with one attached hydrogen (secondary N) is 1. The van der Waals surface area contributed by atoms with Crippen molar-refractivity contribution in [2.45, 2.75) is 47.5 Å². The number of anilines is 1. The molecule has 1 N–H and O–H groups in total. The van der Waals surface area contributed by atoms with Crippen LogP contribution < -0.4 is 10.1 Å². The van der Waals surface area contributed by atoms with Crippen molar-refractivity contribution >= 4 is 11.6 Å². The van der Waals surface area contributed by atoms with Gasteiger partial charge in [-0.05, 0) is 30.4 Å². The third-order valence-corrected chi connectivity index (χ3v) is 2.73. The zero-order chi connectivity index (χ0) is 14.5. The minimum absolute atomic E-state index is 0.0156. The number of hydrogen-bond donors (Lipinski definition) is 1. The standard InChI is InChI=1S/C16H25NO2/c1-6-12-9-8-10-13(15(12)19-7-2)17-14(18)11-16(3,4)5/h8-10H,6-7,11H2,1-5H3,(H,17,18). The molecule has 1 aromatic carbocycles. The Morgan fingerprint density at radius 2 is 1.95 bits per heavy atom. The van der Waals surface area contributed by atoms with Crippen LogP contribution in [0.5, 0.6) is 5.75 Å². The van der Waals surface area contributed by atoms with Crippen LogP contribution in [-0.2, 0) is 11.2 Å². The van der Waals surface area contributed by atoms with Gasteiger partial charge in [-0.25, -0.2) is 0 Å². The van der Waals surface area contributed by atoms with Gasteiger partial charge in [0, 0.05) is 6.42 Å². The minimum Gasteiger partial charge on any atom is -0.491 e. The molecule has 0 saturated carbocycles. The third kappa shape index (κ3) is 4.93. The normalized spacial score (nSPS) is 11.2. The van der Waals surface area contributed by atoms with Crippen molar-refractivity contribution in [3.63, 3.8) is 0 Å². The van der Waals surface area contributed by atoms with Crippen molar-refractivity contribution in [2.75, 3.05) is 11.9 Å². The number of ether oxygens (including phenoxy) is 1. The first-order valence-electron chi connectivity index (χ1n) is 6.92. The second-order valence-corrected chi connectivity index (χ2v) is 5.87. The number of hydrogen-bond acceptors (Lipinski definition) is 2. The first-order chi connectivity index (χ1) is 8.87. The van der Waals surface area contributed by atoms with E-state index in [4.69, 9.17) is 4.74 Å². The quantitative estimate of drug-likeness (QED) is 0.871. The maximum Gasteiger partial charge on any atom is 0.224 e. The molecule has 0 aliphatic carbocycles. The van der Waals surface area contributed by atoms with Crippen molar-refractivity contribution in [1.82, 2.24) is 0 Å². The molecule has 0 bridgehead atoms. The van der Waals surface area contributed by atoms with Crippen LogP contribution in [0.15, 0.2) is 18.2 Å². The van der Waals surface area contributed by atoms with Crippen molar-refractivity contribution in [3.8, 4) is 5.75 Å². The van der Waals surface area contributed by atoms with Crippen molar-refractivity contribution in [2.24, 2.45) is 5.41 Å². The molecule has 0 heterocycles. The highest BCUT2D eigenvalue weighted by molar-refractivity contribution is 5.92. The van der Waals surface area contributed by atoms with Crippen LogP contribution in [0.2, 0.25) is 0 Å². The van der Waals surface area contributed by atoms with Crippen LogP contribution in [0.3, 0.4) is 0 Å². The molecule has 0 aliphatic rings. The van der Waals surface area contributed by atoms with Gasteiger partial charge in [-0.2, -0.15) is 0 Å². The number of carbonyl (C=O) groups is 1. The van der Waals surface area contributed by atoms with E-state index in [-0.39, 0.29) is 11.3 Å². The van der Waals surface area contributed by atoms with Gasteiger partial charge in [0.2, 0.25) is 5.91 Å². The summed E-state index contributed by atoms with van der Waals surface area (Å²) in [4.78, 5) is 12.0. The van der Waals surface area contributed by atoms with E-state index in [0.717, 1.165) is 23.4 Å². The molecule has 1 rings (SSSR count). The summed E-state index contributed by atoms with van der Waals surface area (Å²) < 4.78 is 5.68. The average Bonchev–Trinajstić information content (AvgIpc) is 2.29. The molecular weight excluding hydrogens is 238 g/mol. The zero-order valence-corrected chi connectivity index (χ0v) is 12.7. The van der Waals surface area contributed by atoms with Gasteiger partial charge < -0.3 is 10.1 Å². The van der Waals surface area contributed by atoms with E-state index in [1.54, 1.807) is 0 Å². The summed E-state index contributed by atoms with van der Waals surface area (Å²) >= 11 is 0. The lowest BCUT2D eigenvalue weighted by Gasteiger charge is -2.19. The van der Waals surface area contributed by atoms with E-state index < -0.39 is 0 Å². The number of aryl methyl sites for hydroxylation is 1. The second-order valence-electron chi connectivity index (χ2n) is 5.87. The molecular formula is C16H25NO2. The number of benzene rings is 1. The summed E-state index contributed by atoms with van der Waals surface area (Å²) in [7, 11) is 0. The smallest absolute Gasteiger partial charge is 0.224 e. The largest absolute Gasteiger partial charge is 0.491 e. The molecule has 0 aliphatic heterocycles. The molecule has 0 aromatic heterocycles. The van der Waals surface area contributed by atoms with Gasteiger partial charge in [-0.3, -0.25) is 4.79 Å². The van der Waals surface area contributed by atoms with Gasteiger partial charge in [0.1, 0.15) is 5.75 Å². The van der Waals surface area contributed by atoms with Crippen molar-refractivity contribution in [1.29, 1.82) is 0 Å². The second kappa shape index (κ2) is 6.60. The molecule has 3 heteroatoms. The SMILES string of the molecule is CCOc1c(CC)cccc1NC(=O)CC(C)(C)C. The lowest BCUT2D eigenvalue weighted by Crippen LogP contribution is -2.20.